The van der Waals surface area contributed by atoms with Crippen LogP contribution in [0.3, 0.4) is 0 Å². The van der Waals surface area contributed by atoms with Gasteiger partial charge in [0.05, 0.1) is 18.5 Å². The highest BCUT2D eigenvalue weighted by atomic mass is 19.4. The number of nitrogens with two attached hydrogens (primary N) is 1. The number of carbonyl (C=O) groups is 2. The van der Waals surface area contributed by atoms with Crippen molar-refractivity contribution < 1.29 is 49.4 Å². The Morgan fingerprint density at radius 3 is 2.28 bits per heavy atom. The number of ketones is 2. The maximum atomic E-state index is 14.1. The molecule has 4 heterocycles. The first-order valence-electron chi connectivity index (χ1n) is 11.1. The molecular formula is C22H18F8N6O3. The van der Waals surface area contributed by atoms with E-state index in [4.69, 9.17) is 10.5 Å². The summed E-state index contributed by atoms with van der Waals surface area (Å²) in [6.45, 7) is 1.76. The lowest BCUT2D eigenvalue weighted by atomic mass is 9.93. The highest BCUT2D eigenvalue weighted by Gasteiger charge is 2.54. The fourth-order valence-electron chi connectivity index (χ4n) is 4.29. The van der Waals surface area contributed by atoms with E-state index in [1.807, 2.05) is 0 Å². The van der Waals surface area contributed by atoms with Crippen molar-refractivity contribution in [1.29, 1.82) is 0 Å². The van der Waals surface area contributed by atoms with Gasteiger partial charge >= 0.3 is 23.9 Å². The Labute approximate surface area is 213 Å². The summed E-state index contributed by atoms with van der Waals surface area (Å²) in [5, 5.41) is 8.65. The van der Waals surface area contributed by atoms with Gasteiger partial charge in [-0.2, -0.15) is 36.5 Å². The number of ether oxygens (including phenoxy) is 1. The van der Waals surface area contributed by atoms with Crippen molar-refractivity contribution >= 4 is 17.2 Å². The summed E-state index contributed by atoms with van der Waals surface area (Å²) < 4.78 is 102. The van der Waals surface area contributed by atoms with Crippen LogP contribution in [0, 0.1) is 11.6 Å². The van der Waals surface area contributed by atoms with Crippen LogP contribution in [0.2, 0.25) is 0 Å². The van der Waals surface area contributed by atoms with Crippen LogP contribution in [0.1, 0.15) is 29.3 Å². The van der Waals surface area contributed by atoms with E-state index in [0.29, 0.717) is 26.1 Å². The third-order valence-electron chi connectivity index (χ3n) is 6.08. The first-order valence-corrected chi connectivity index (χ1v) is 11.1. The van der Waals surface area contributed by atoms with Crippen LogP contribution in [0.4, 0.5) is 35.1 Å². The van der Waals surface area contributed by atoms with Gasteiger partial charge in [0.1, 0.15) is 17.7 Å². The van der Waals surface area contributed by atoms with E-state index in [0.717, 1.165) is 35.1 Å². The van der Waals surface area contributed by atoms with Crippen molar-refractivity contribution in [1.82, 2.24) is 24.7 Å². The van der Waals surface area contributed by atoms with Crippen molar-refractivity contribution in [3.8, 4) is 0 Å². The Morgan fingerprint density at radius 2 is 1.67 bits per heavy atom. The molecule has 39 heavy (non-hydrogen) atoms. The fourth-order valence-corrected chi connectivity index (χ4v) is 4.29. The van der Waals surface area contributed by atoms with Crippen LogP contribution < -0.4 is 5.73 Å². The van der Waals surface area contributed by atoms with E-state index in [1.165, 1.54) is 0 Å². The van der Waals surface area contributed by atoms with Gasteiger partial charge < -0.3 is 10.5 Å². The van der Waals surface area contributed by atoms with Gasteiger partial charge in [-0.3, -0.25) is 14.5 Å². The van der Waals surface area contributed by atoms with Gasteiger partial charge in [0.2, 0.25) is 0 Å². The molecule has 0 amide bonds. The molecule has 2 aliphatic heterocycles. The first-order chi connectivity index (χ1) is 18.2. The summed E-state index contributed by atoms with van der Waals surface area (Å²) in [4.78, 5) is 25.8. The number of halogens is 8. The Kier molecular flexibility index (Phi) is 7.68. The predicted octanol–water partition coefficient (Wildman–Crippen LogP) is 2.82. The molecule has 1 saturated heterocycles. The van der Waals surface area contributed by atoms with Gasteiger partial charge in [-0.25, -0.2) is 13.8 Å². The van der Waals surface area contributed by atoms with Crippen LogP contribution in [0.5, 0.6) is 0 Å². The summed E-state index contributed by atoms with van der Waals surface area (Å²) in [6.07, 6.45) is -8.31. The second kappa shape index (κ2) is 10.5. The van der Waals surface area contributed by atoms with E-state index in [1.54, 1.807) is 17.0 Å². The maximum absolute atomic E-state index is 14.1. The van der Waals surface area contributed by atoms with Crippen LogP contribution in [-0.2, 0) is 27.4 Å². The molecule has 2 aromatic heterocycles. The molecule has 1 aromatic carbocycles. The molecule has 0 radical (unpaired) electrons. The molecule has 210 valence electrons. The lowest BCUT2D eigenvalue weighted by molar-refractivity contribution is -0.193. The van der Waals surface area contributed by atoms with Gasteiger partial charge in [-0.15, -0.1) is 4.63 Å². The molecule has 1 fully saturated rings. The molecule has 0 saturated carbocycles. The second-order valence-corrected chi connectivity index (χ2v) is 8.71. The molecule has 5 rings (SSSR count). The summed E-state index contributed by atoms with van der Waals surface area (Å²) in [5.41, 5.74) is 9.23. The van der Waals surface area contributed by atoms with Crippen molar-refractivity contribution in [3.63, 3.8) is 0 Å². The maximum Gasteiger partial charge on any atom is 0.458 e. The largest absolute Gasteiger partial charge is 0.458 e. The minimum absolute atomic E-state index is 0.0822. The quantitative estimate of drug-likeness (QED) is 0.380. The van der Waals surface area contributed by atoms with E-state index in [2.05, 4.69) is 20.1 Å². The predicted molar refractivity (Wildman–Crippen MR) is 114 cm³/mol. The molecule has 9 nitrogen and oxygen atoms in total. The topological polar surface area (TPSA) is 116 Å². The van der Waals surface area contributed by atoms with Crippen molar-refractivity contribution in [2.45, 2.75) is 50.1 Å². The number of rotatable bonds is 3. The van der Waals surface area contributed by atoms with Gasteiger partial charge in [0.15, 0.2) is 5.65 Å². The molecular weight excluding hydrogens is 548 g/mol. The first kappa shape index (κ1) is 28.4. The number of nitrogens with zero attached hydrogens (tertiary/aromatic N) is 5. The zero-order valence-electron chi connectivity index (χ0n) is 19.5. The summed E-state index contributed by atoms with van der Waals surface area (Å²) >= 11 is 0. The number of aromatic nitrogens is 4. The minimum atomic E-state index is -5.77. The smallest absolute Gasteiger partial charge is 0.370 e. The lowest BCUT2D eigenvalue weighted by Gasteiger charge is -2.38. The lowest BCUT2D eigenvalue weighted by Crippen LogP contribution is -2.47. The third kappa shape index (κ3) is 6.04. The number of hydrogen-bond donors (Lipinski definition) is 1. The number of Topliss-reactive ketones (excluding diaryl/α,β-unsaturated/α-hetero) is 2. The monoisotopic (exact) mass is 566 g/mol. The summed E-state index contributed by atoms with van der Waals surface area (Å²) in [6, 6.07) is 3.03. The van der Waals surface area contributed by atoms with E-state index < -0.39 is 47.7 Å². The standard InChI is InChI=1S/C18H18F2N6O.C4F6O2/c19-10-1-2-14(20)12(5-10)17-15(21)6-11(9-27-17)25-7-13-16(8-25)24-26-18(13)22-3-4-23-26;5-3(6,7)1(11)2(12)4(8,9)10/h1-5,11,15,17H,6-9,21H2;/t11-,15+,17?;/m1./s1. The third-order valence-corrected chi connectivity index (χ3v) is 6.08. The molecule has 2 N–H and O–H groups in total. The highest BCUT2D eigenvalue weighted by molar-refractivity contribution is 6.41. The van der Waals surface area contributed by atoms with Crippen molar-refractivity contribution in [3.05, 3.63) is 59.0 Å². The average Bonchev–Trinajstić information content (AvgIpc) is 3.42. The molecule has 1 unspecified atom stereocenters. The summed E-state index contributed by atoms with van der Waals surface area (Å²) in [5.74, 6) is -7.81. The van der Waals surface area contributed by atoms with Crippen molar-refractivity contribution in [2.24, 2.45) is 5.73 Å². The number of fused-ring (bicyclic) bond motifs is 3. The summed E-state index contributed by atoms with van der Waals surface area (Å²) in [7, 11) is 0. The van der Waals surface area contributed by atoms with Gasteiger partial charge in [0, 0.05) is 42.5 Å². The van der Waals surface area contributed by atoms with Crippen LogP contribution in [0.15, 0.2) is 30.6 Å². The normalized spacial score (nSPS) is 21.8. The van der Waals surface area contributed by atoms with Crippen molar-refractivity contribution in [2.75, 3.05) is 6.61 Å². The number of carbonyl (C=O) groups excluding carboxylic acids is 2. The molecule has 3 atom stereocenters. The van der Waals surface area contributed by atoms with Crippen LogP contribution in [-0.4, -0.2) is 67.3 Å². The molecule has 0 bridgehead atoms. The minimum Gasteiger partial charge on any atom is -0.370 e. The SMILES string of the molecule is N[C@H]1C[C@@H](N2Cc3nn4nccnc4c3C2)COC1c1cc(F)ccc1F.O=C(C(=O)C(F)(F)F)C(F)(F)F. The van der Waals surface area contributed by atoms with Gasteiger partial charge in [-0.1, -0.05) is 0 Å². The number of hydrogen-bond acceptors (Lipinski definition) is 8. The number of benzene rings is 1. The Balaban J connectivity index is 0.000000251. The molecule has 3 aromatic rings. The van der Waals surface area contributed by atoms with Crippen LogP contribution in [0.25, 0.3) is 5.65 Å². The Morgan fingerprint density at radius 1 is 1.00 bits per heavy atom. The molecule has 2 aliphatic rings. The zero-order chi connectivity index (χ0) is 28.7. The van der Waals surface area contributed by atoms with E-state index >= 15 is 0 Å². The van der Waals surface area contributed by atoms with E-state index in [9.17, 15) is 44.7 Å². The van der Waals surface area contributed by atoms with Crippen LogP contribution >= 0.6 is 0 Å². The van der Waals surface area contributed by atoms with Gasteiger partial charge in [0.25, 0.3) is 0 Å². The molecule has 0 spiro atoms. The zero-order valence-corrected chi connectivity index (χ0v) is 19.5. The Hall–Kier alpha value is -3.57. The Bertz CT molecular complexity index is 1370. The van der Waals surface area contributed by atoms with E-state index in [-0.39, 0.29) is 11.6 Å². The second-order valence-electron chi connectivity index (χ2n) is 8.71. The number of alkyl halides is 6. The molecule has 17 heteroatoms. The average molecular weight is 566 g/mol. The highest BCUT2D eigenvalue weighted by Crippen LogP contribution is 2.34. The van der Waals surface area contributed by atoms with Gasteiger partial charge in [-0.05, 0) is 24.6 Å². The molecule has 0 aliphatic carbocycles. The fraction of sp³-hybridized carbons (Fsp3) is 0.409.